The smallest absolute Gasteiger partial charge is 0.118 e. The van der Waals surface area contributed by atoms with E-state index in [0.29, 0.717) is 17.1 Å². The second-order valence-electron chi connectivity index (χ2n) is 7.47. The van der Waals surface area contributed by atoms with Crippen LogP contribution in [0.3, 0.4) is 0 Å². The van der Waals surface area contributed by atoms with E-state index in [1.807, 2.05) is 24.3 Å². The Morgan fingerprint density at radius 3 is 2.40 bits per heavy atom. The summed E-state index contributed by atoms with van der Waals surface area (Å²) >= 11 is 4.16. The van der Waals surface area contributed by atoms with Crippen LogP contribution in [0.25, 0.3) is 0 Å². The van der Waals surface area contributed by atoms with Crippen LogP contribution < -0.4 is 4.74 Å². The van der Waals surface area contributed by atoms with Crippen LogP contribution in [0, 0.1) is 11.3 Å². The summed E-state index contributed by atoms with van der Waals surface area (Å²) in [4.78, 5) is 0. The summed E-state index contributed by atoms with van der Waals surface area (Å²) in [6.45, 7) is 7.22. The Hall–Kier alpha value is -0.360. The molecule has 1 saturated heterocycles. The van der Waals surface area contributed by atoms with Gasteiger partial charge in [-0.15, -0.1) is 23.5 Å². The number of thioether (sulfide) groups is 2. The molecule has 0 aliphatic carbocycles. The summed E-state index contributed by atoms with van der Waals surface area (Å²) < 4.78 is 12.2. The first kappa shape index (κ1) is 20.9. The minimum Gasteiger partial charge on any atom is -0.497 e. The highest BCUT2D eigenvalue weighted by atomic mass is 32.2. The number of hydrogen-bond acceptors (Lipinski definition) is 5. The number of aliphatic hydroxyl groups is 1. The van der Waals surface area contributed by atoms with Crippen molar-refractivity contribution in [3.05, 3.63) is 29.8 Å². The van der Waals surface area contributed by atoms with Gasteiger partial charge in [-0.2, -0.15) is 0 Å². The van der Waals surface area contributed by atoms with Crippen molar-refractivity contribution in [2.75, 3.05) is 25.2 Å². The number of rotatable bonds is 9. The lowest BCUT2D eigenvalue weighted by atomic mass is 9.83. The van der Waals surface area contributed by atoms with Gasteiger partial charge < -0.3 is 14.6 Å². The molecule has 142 valence electrons. The van der Waals surface area contributed by atoms with E-state index in [9.17, 15) is 5.11 Å². The Kier molecular flexibility index (Phi) is 8.46. The first-order valence-electron chi connectivity index (χ1n) is 9.05. The average Bonchev–Trinajstić information content (AvgIpc) is 2.65. The third-order valence-electron chi connectivity index (χ3n) is 4.79. The number of hydrogen-bond donors (Lipinski definition) is 1. The third kappa shape index (κ3) is 6.38. The van der Waals surface area contributed by atoms with Gasteiger partial charge in [0.25, 0.3) is 0 Å². The lowest BCUT2D eigenvalue weighted by Crippen LogP contribution is -2.37. The van der Waals surface area contributed by atoms with Crippen LogP contribution in [0.15, 0.2) is 24.3 Å². The van der Waals surface area contributed by atoms with Crippen molar-refractivity contribution in [3.63, 3.8) is 0 Å². The lowest BCUT2D eigenvalue weighted by molar-refractivity contribution is -0.0671. The van der Waals surface area contributed by atoms with Crippen LogP contribution in [0.2, 0.25) is 0 Å². The summed E-state index contributed by atoms with van der Waals surface area (Å²) in [5.41, 5.74) is 0.888. The Morgan fingerprint density at radius 1 is 1.20 bits per heavy atom. The Balaban J connectivity index is 1.97. The van der Waals surface area contributed by atoms with Gasteiger partial charge in [0.15, 0.2) is 0 Å². The quantitative estimate of drug-likeness (QED) is 0.661. The zero-order chi connectivity index (χ0) is 18.3. The molecule has 5 heteroatoms. The summed E-state index contributed by atoms with van der Waals surface area (Å²) in [5.74, 6) is 3.96. The summed E-state index contributed by atoms with van der Waals surface area (Å²) in [6.07, 6.45) is 2.34. The van der Waals surface area contributed by atoms with Crippen molar-refractivity contribution in [1.82, 2.24) is 0 Å². The second-order valence-corrected chi connectivity index (χ2v) is 10.3. The molecule has 1 aliphatic heterocycles. The summed E-state index contributed by atoms with van der Waals surface area (Å²) in [6, 6.07) is 8.00. The molecule has 1 aromatic rings. The minimum absolute atomic E-state index is 0.0396. The predicted octanol–water partition coefficient (Wildman–Crippen LogP) is 4.82. The van der Waals surface area contributed by atoms with E-state index in [1.165, 1.54) is 17.9 Å². The van der Waals surface area contributed by atoms with E-state index in [0.717, 1.165) is 17.7 Å². The average molecular weight is 385 g/mol. The van der Waals surface area contributed by atoms with Crippen molar-refractivity contribution in [2.45, 2.75) is 50.9 Å². The van der Waals surface area contributed by atoms with E-state index in [4.69, 9.17) is 9.47 Å². The van der Waals surface area contributed by atoms with Gasteiger partial charge >= 0.3 is 0 Å². The molecule has 3 nitrogen and oxygen atoms in total. The maximum atomic E-state index is 9.85. The fourth-order valence-corrected chi connectivity index (χ4v) is 6.03. The zero-order valence-corrected chi connectivity index (χ0v) is 17.5. The van der Waals surface area contributed by atoms with Crippen LogP contribution in [-0.2, 0) is 11.3 Å². The Morgan fingerprint density at radius 2 is 1.84 bits per heavy atom. The molecule has 1 aromatic carbocycles. The molecule has 25 heavy (non-hydrogen) atoms. The van der Waals surface area contributed by atoms with Crippen LogP contribution in [0.1, 0.15) is 39.2 Å². The number of ether oxygens (including phenoxy) is 2. The van der Waals surface area contributed by atoms with Gasteiger partial charge in [0, 0.05) is 5.41 Å². The molecule has 1 N–H and O–H groups in total. The van der Waals surface area contributed by atoms with E-state index in [1.54, 1.807) is 7.11 Å². The standard InChI is InChI=1S/C20H32O3S2/c1-15(19-24-10-5-11-25-19)12-18(20(2,3)14-21)23-13-16-6-8-17(22-4)9-7-16/h6-9,15,18-19,21H,5,10-14H2,1-4H3/t15-,18-/m1/s1. The topological polar surface area (TPSA) is 38.7 Å². The largest absolute Gasteiger partial charge is 0.497 e. The summed E-state index contributed by atoms with van der Waals surface area (Å²) in [5, 5.41) is 9.85. The van der Waals surface area contributed by atoms with Gasteiger partial charge in [-0.3, -0.25) is 0 Å². The molecule has 0 unspecified atom stereocenters. The van der Waals surface area contributed by atoms with Crippen molar-refractivity contribution >= 4 is 23.5 Å². The first-order chi connectivity index (χ1) is 12.0. The van der Waals surface area contributed by atoms with Gasteiger partial charge in [-0.25, -0.2) is 0 Å². The van der Waals surface area contributed by atoms with Crippen molar-refractivity contribution < 1.29 is 14.6 Å². The van der Waals surface area contributed by atoms with E-state index < -0.39 is 0 Å². The molecule has 1 fully saturated rings. The lowest BCUT2D eigenvalue weighted by Gasteiger charge is -2.36. The molecule has 0 radical (unpaired) electrons. The van der Waals surface area contributed by atoms with Crippen LogP contribution in [0.4, 0.5) is 0 Å². The van der Waals surface area contributed by atoms with Crippen LogP contribution >= 0.6 is 23.5 Å². The highest BCUT2D eigenvalue weighted by Gasteiger charge is 2.33. The zero-order valence-electron chi connectivity index (χ0n) is 15.9. The molecule has 1 aliphatic rings. The minimum atomic E-state index is -0.245. The highest BCUT2D eigenvalue weighted by molar-refractivity contribution is 8.17. The molecule has 1 heterocycles. The highest BCUT2D eigenvalue weighted by Crippen LogP contribution is 2.40. The van der Waals surface area contributed by atoms with Gasteiger partial charge in [0.1, 0.15) is 5.75 Å². The fourth-order valence-electron chi connectivity index (χ4n) is 2.92. The van der Waals surface area contributed by atoms with Crippen LogP contribution in [-0.4, -0.2) is 41.0 Å². The third-order valence-corrected chi connectivity index (χ3v) is 8.24. The van der Waals surface area contributed by atoms with Crippen molar-refractivity contribution in [1.29, 1.82) is 0 Å². The maximum Gasteiger partial charge on any atom is 0.118 e. The second kappa shape index (κ2) is 10.1. The molecule has 2 rings (SSSR count). The normalized spacial score (nSPS) is 18.8. The SMILES string of the molecule is COc1ccc(CO[C@H](C[C@@H](C)C2SCCCS2)C(C)(C)CO)cc1. The summed E-state index contributed by atoms with van der Waals surface area (Å²) in [7, 11) is 1.67. The fraction of sp³-hybridized carbons (Fsp3) is 0.700. The number of methoxy groups -OCH3 is 1. The van der Waals surface area contributed by atoms with Gasteiger partial charge in [-0.05, 0) is 48.0 Å². The molecule has 0 bridgehead atoms. The Labute approximate surface area is 161 Å². The predicted molar refractivity (Wildman–Crippen MR) is 110 cm³/mol. The molecular weight excluding hydrogens is 352 g/mol. The molecule has 2 atom stereocenters. The first-order valence-corrected chi connectivity index (χ1v) is 11.1. The van der Waals surface area contributed by atoms with Crippen LogP contribution in [0.5, 0.6) is 5.75 Å². The molecule has 0 amide bonds. The van der Waals surface area contributed by atoms with E-state index in [-0.39, 0.29) is 18.1 Å². The van der Waals surface area contributed by atoms with E-state index in [2.05, 4.69) is 44.3 Å². The van der Waals surface area contributed by atoms with Crippen molar-refractivity contribution in [2.24, 2.45) is 11.3 Å². The van der Waals surface area contributed by atoms with Gasteiger partial charge in [-0.1, -0.05) is 32.9 Å². The molecule has 0 aromatic heterocycles. The van der Waals surface area contributed by atoms with Crippen molar-refractivity contribution in [3.8, 4) is 5.75 Å². The molecule has 0 spiro atoms. The number of aliphatic hydroxyl groups excluding tert-OH is 1. The maximum absolute atomic E-state index is 9.85. The van der Waals surface area contributed by atoms with E-state index >= 15 is 0 Å². The monoisotopic (exact) mass is 384 g/mol. The Bertz CT molecular complexity index is 498. The molecule has 0 saturated carbocycles. The number of benzene rings is 1. The van der Waals surface area contributed by atoms with Gasteiger partial charge in [0.2, 0.25) is 0 Å². The molecular formula is C20H32O3S2. The van der Waals surface area contributed by atoms with Gasteiger partial charge in [0.05, 0.1) is 31.0 Å².